The fourth-order valence-corrected chi connectivity index (χ4v) is 4.19. The molecule has 0 radical (unpaired) electrons. The predicted octanol–water partition coefficient (Wildman–Crippen LogP) is 2.32. The molecule has 0 aliphatic heterocycles. The topological polar surface area (TPSA) is 96.0 Å². The van der Waals surface area contributed by atoms with E-state index in [0.29, 0.717) is 17.9 Å². The highest BCUT2D eigenvalue weighted by Gasteiger charge is 2.31. The number of hydrogen-bond donors (Lipinski definition) is 1. The molecule has 0 unspecified atom stereocenters. The first-order valence-corrected chi connectivity index (χ1v) is 12.1. The highest BCUT2D eigenvalue weighted by molar-refractivity contribution is 7.92. The minimum atomic E-state index is -3.73. The number of anilines is 1. The zero-order chi connectivity index (χ0) is 23.9. The maximum atomic E-state index is 13.4. The number of carbonyl (C=O) groups excluding carboxylic acids is 2. The van der Waals surface area contributed by atoms with Crippen LogP contribution in [0, 0.1) is 6.92 Å². The molecule has 2 aromatic rings. The summed E-state index contributed by atoms with van der Waals surface area (Å²) in [6.07, 6.45) is 1.44. The summed E-state index contributed by atoms with van der Waals surface area (Å²) < 4.78 is 31.2. The molecule has 32 heavy (non-hydrogen) atoms. The minimum Gasteiger partial charge on any atom is -0.497 e. The third-order valence-corrected chi connectivity index (χ3v) is 6.29. The van der Waals surface area contributed by atoms with E-state index in [1.165, 1.54) is 11.9 Å². The Morgan fingerprint density at radius 3 is 2.12 bits per heavy atom. The molecular weight excluding hydrogens is 430 g/mol. The van der Waals surface area contributed by atoms with Gasteiger partial charge < -0.3 is 15.0 Å². The molecule has 2 rings (SSSR count). The summed E-state index contributed by atoms with van der Waals surface area (Å²) >= 11 is 0. The number of sulfonamides is 1. The van der Waals surface area contributed by atoms with Crippen LogP contribution >= 0.6 is 0 Å². The number of benzene rings is 2. The standard InChI is InChI=1S/C23H31N3O5S/c1-6-21(23(28)24-3)25(15-18-9-13-20(31-4)14-10-18)22(27)16-26(32(5,29)30)19-11-7-17(2)8-12-19/h7-14,21H,6,15-16H2,1-5H3,(H,24,28)/t21-/m1/s1. The van der Waals surface area contributed by atoms with Crippen molar-refractivity contribution < 1.29 is 22.7 Å². The summed E-state index contributed by atoms with van der Waals surface area (Å²) in [7, 11) is -0.657. The number of aryl methyl sites for hydroxylation is 1. The van der Waals surface area contributed by atoms with E-state index in [9.17, 15) is 18.0 Å². The summed E-state index contributed by atoms with van der Waals surface area (Å²) in [5.74, 6) is -0.106. The van der Waals surface area contributed by atoms with Crippen LogP contribution in [-0.4, -0.2) is 58.1 Å². The van der Waals surface area contributed by atoms with Gasteiger partial charge in [0, 0.05) is 13.6 Å². The van der Waals surface area contributed by atoms with Crippen LogP contribution in [0.15, 0.2) is 48.5 Å². The molecule has 0 saturated heterocycles. The summed E-state index contributed by atoms with van der Waals surface area (Å²) in [5, 5.41) is 2.59. The van der Waals surface area contributed by atoms with Crippen molar-refractivity contribution >= 4 is 27.5 Å². The van der Waals surface area contributed by atoms with Crippen molar-refractivity contribution in [2.45, 2.75) is 32.9 Å². The second kappa shape index (κ2) is 11.0. The van der Waals surface area contributed by atoms with Gasteiger partial charge in [-0.3, -0.25) is 13.9 Å². The number of carbonyl (C=O) groups is 2. The van der Waals surface area contributed by atoms with Crippen LogP contribution in [0.25, 0.3) is 0 Å². The first-order valence-electron chi connectivity index (χ1n) is 10.3. The predicted molar refractivity (Wildman–Crippen MR) is 125 cm³/mol. The van der Waals surface area contributed by atoms with E-state index in [4.69, 9.17) is 4.74 Å². The highest BCUT2D eigenvalue weighted by atomic mass is 32.2. The Hall–Kier alpha value is -3.07. The Labute approximate surface area is 190 Å². The summed E-state index contributed by atoms with van der Waals surface area (Å²) in [6, 6.07) is 13.3. The number of nitrogens with one attached hydrogen (secondary N) is 1. The lowest BCUT2D eigenvalue weighted by molar-refractivity contribution is -0.140. The van der Waals surface area contributed by atoms with E-state index in [1.54, 1.807) is 43.5 Å². The van der Waals surface area contributed by atoms with Gasteiger partial charge in [0.05, 0.1) is 19.1 Å². The van der Waals surface area contributed by atoms with Crippen molar-refractivity contribution in [3.63, 3.8) is 0 Å². The van der Waals surface area contributed by atoms with Gasteiger partial charge in [-0.25, -0.2) is 8.42 Å². The van der Waals surface area contributed by atoms with E-state index >= 15 is 0 Å². The molecule has 0 heterocycles. The Morgan fingerprint density at radius 1 is 1.06 bits per heavy atom. The molecule has 9 heteroatoms. The lowest BCUT2D eigenvalue weighted by Crippen LogP contribution is -2.51. The number of likely N-dealkylation sites (N-methyl/N-ethyl adjacent to an activating group) is 1. The number of amides is 2. The van der Waals surface area contributed by atoms with Crippen molar-refractivity contribution in [3.8, 4) is 5.75 Å². The number of rotatable bonds is 10. The second-order valence-corrected chi connectivity index (χ2v) is 9.42. The lowest BCUT2D eigenvalue weighted by Gasteiger charge is -2.32. The van der Waals surface area contributed by atoms with E-state index in [2.05, 4.69) is 5.32 Å². The average Bonchev–Trinajstić information content (AvgIpc) is 2.77. The minimum absolute atomic E-state index is 0.153. The van der Waals surface area contributed by atoms with Crippen LogP contribution in [0.4, 0.5) is 5.69 Å². The van der Waals surface area contributed by atoms with Gasteiger partial charge in [0.2, 0.25) is 21.8 Å². The highest BCUT2D eigenvalue weighted by Crippen LogP contribution is 2.21. The fourth-order valence-electron chi connectivity index (χ4n) is 3.34. The Bertz CT molecular complexity index is 1020. The third kappa shape index (κ3) is 6.46. The van der Waals surface area contributed by atoms with Gasteiger partial charge >= 0.3 is 0 Å². The van der Waals surface area contributed by atoms with Crippen molar-refractivity contribution in [3.05, 3.63) is 59.7 Å². The number of nitrogens with zero attached hydrogens (tertiary/aromatic N) is 2. The normalized spacial score (nSPS) is 12.0. The van der Waals surface area contributed by atoms with Crippen LogP contribution in [-0.2, 0) is 26.2 Å². The first-order chi connectivity index (χ1) is 15.1. The molecule has 174 valence electrons. The monoisotopic (exact) mass is 461 g/mol. The number of methoxy groups -OCH3 is 1. The molecule has 0 fully saturated rings. The van der Waals surface area contributed by atoms with Gasteiger partial charge in [-0.1, -0.05) is 36.8 Å². The second-order valence-electron chi connectivity index (χ2n) is 7.51. The van der Waals surface area contributed by atoms with Crippen LogP contribution in [0.5, 0.6) is 5.75 Å². The van der Waals surface area contributed by atoms with Crippen molar-refractivity contribution in [2.75, 3.05) is 31.3 Å². The molecule has 1 N–H and O–H groups in total. The largest absolute Gasteiger partial charge is 0.497 e. The molecule has 0 aromatic heterocycles. The third-order valence-electron chi connectivity index (χ3n) is 5.15. The molecule has 0 spiro atoms. The van der Waals surface area contributed by atoms with Gasteiger partial charge in [0.25, 0.3) is 0 Å². The Kier molecular flexibility index (Phi) is 8.65. The fraction of sp³-hybridized carbons (Fsp3) is 0.391. The summed E-state index contributed by atoms with van der Waals surface area (Å²) in [5.41, 5.74) is 2.16. The molecule has 0 saturated carbocycles. The zero-order valence-electron chi connectivity index (χ0n) is 19.2. The summed E-state index contributed by atoms with van der Waals surface area (Å²) in [6.45, 7) is 3.44. The maximum Gasteiger partial charge on any atom is 0.244 e. The molecular formula is C23H31N3O5S. The van der Waals surface area contributed by atoms with Gasteiger partial charge in [-0.05, 0) is 43.2 Å². The van der Waals surface area contributed by atoms with Gasteiger partial charge in [-0.15, -0.1) is 0 Å². The SMILES string of the molecule is CC[C@H](C(=O)NC)N(Cc1ccc(OC)cc1)C(=O)CN(c1ccc(C)cc1)S(C)(=O)=O. The van der Waals surface area contributed by atoms with Gasteiger partial charge in [-0.2, -0.15) is 0 Å². The molecule has 2 aromatic carbocycles. The van der Waals surface area contributed by atoms with Crippen LogP contribution in [0.2, 0.25) is 0 Å². The average molecular weight is 462 g/mol. The zero-order valence-corrected chi connectivity index (χ0v) is 20.0. The van der Waals surface area contributed by atoms with Crippen LogP contribution in [0.3, 0.4) is 0 Å². The number of hydrogen-bond acceptors (Lipinski definition) is 5. The number of ether oxygens (including phenoxy) is 1. The summed E-state index contributed by atoms with van der Waals surface area (Å²) in [4.78, 5) is 27.3. The molecule has 0 aliphatic rings. The molecule has 0 aliphatic carbocycles. The quantitative estimate of drug-likeness (QED) is 0.586. The van der Waals surface area contributed by atoms with Gasteiger partial charge in [0.15, 0.2) is 0 Å². The Morgan fingerprint density at radius 2 is 1.66 bits per heavy atom. The first kappa shape index (κ1) is 25.2. The van der Waals surface area contributed by atoms with E-state index in [0.717, 1.165) is 21.7 Å². The smallest absolute Gasteiger partial charge is 0.244 e. The van der Waals surface area contributed by atoms with Crippen molar-refractivity contribution in [1.29, 1.82) is 0 Å². The van der Waals surface area contributed by atoms with Crippen molar-refractivity contribution in [1.82, 2.24) is 10.2 Å². The molecule has 0 bridgehead atoms. The van der Waals surface area contributed by atoms with Crippen LogP contribution in [0.1, 0.15) is 24.5 Å². The Balaban J connectivity index is 2.39. The molecule has 1 atom stereocenters. The molecule has 8 nitrogen and oxygen atoms in total. The maximum absolute atomic E-state index is 13.4. The molecule has 2 amide bonds. The van der Waals surface area contributed by atoms with Crippen molar-refractivity contribution in [2.24, 2.45) is 0 Å². The van der Waals surface area contributed by atoms with E-state index < -0.39 is 28.5 Å². The lowest BCUT2D eigenvalue weighted by atomic mass is 10.1. The van der Waals surface area contributed by atoms with Gasteiger partial charge in [0.1, 0.15) is 18.3 Å². The van der Waals surface area contributed by atoms with E-state index in [1.807, 2.05) is 26.0 Å². The van der Waals surface area contributed by atoms with E-state index in [-0.39, 0.29) is 12.5 Å². The van der Waals surface area contributed by atoms with Crippen LogP contribution < -0.4 is 14.4 Å².